The lowest BCUT2D eigenvalue weighted by Crippen LogP contribution is -2.39. The highest BCUT2D eigenvalue weighted by Gasteiger charge is 2.20. The van der Waals surface area contributed by atoms with Crippen molar-refractivity contribution in [2.45, 2.75) is 32.6 Å². The Kier molecular flexibility index (Phi) is 5.39. The highest BCUT2D eigenvalue weighted by atomic mass is 19.1. The number of rotatable bonds is 5. The molecule has 0 aliphatic carbocycles. The van der Waals surface area contributed by atoms with Crippen molar-refractivity contribution in [1.29, 1.82) is 0 Å². The lowest BCUT2D eigenvalue weighted by molar-refractivity contribution is -0.133. The van der Waals surface area contributed by atoms with Crippen LogP contribution in [0.25, 0.3) is 0 Å². The van der Waals surface area contributed by atoms with Crippen LogP contribution in [0.5, 0.6) is 5.75 Å². The number of benzene rings is 1. The molecule has 4 heteroatoms. The van der Waals surface area contributed by atoms with Crippen LogP contribution in [-0.2, 0) is 4.79 Å². The molecule has 0 N–H and O–H groups in total. The largest absolute Gasteiger partial charge is 0.494 e. The van der Waals surface area contributed by atoms with Crippen molar-refractivity contribution in [3.63, 3.8) is 0 Å². The highest BCUT2D eigenvalue weighted by Crippen LogP contribution is 2.17. The number of hydrogen-bond donors (Lipinski definition) is 0. The number of carbonyl (C=O) groups excluding carboxylic acids is 1. The van der Waals surface area contributed by atoms with Gasteiger partial charge in [-0.15, -0.1) is 0 Å². The summed E-state index contributed by atoms with van der Waals surface area (Å²) in [5.41, 5.74) is 0. The molecule has 2 rings (SSSR count). The summed E-state index contributed by atoms with van der Waals surface area (Å²) >= 11 is 0. The third kappa shape index (κ3) is 4.51. The van der Waals surface area contributed by atoms with E-state index in [1.165, 1.54) is 18.6 Å². The second-order valence-corrected chi connectivity index (χ2v) is 5.49. The molecule has 1 saturated heterocycles. The molecule has 1 fully saturated rings. The molecule has 0 saturated carbocycles. The summed E-state index contributed by atoms with van der Waals surface area (Å²) in [6, 6.07) is 5.94. The topological polar surface area (TPSA) is 29.5 Å². The smallest absolute Gasteiger partial charge is 0.222 e. The fourth-order valence-corrected chi connectivity index (χ4v) is 2.52. The Hall–Kier alpha value is -1.58. The van der Waals surface area contributed by atoms with E-state index in [0.29, 0.717) is 31.1 Å². The summed E-state index contributed by atoms with van der Waals surface area (Å²) in [6.45, 7) is 4.46. The second kappa shape index (κ2) is 7.27. The van der Waals surface area contributed by atoms with E-state index in [1.54, 1.807) is 12.1 Å². The van der Waals surface area contributed by atoms with Gasteiger partial charge in [-0.1, -0.05) is 6.92 Å². The molecule has 1 aromatic carbocycles. The van der Waals surface area contributed by atoms with Crippen LogP contribution in [0.2, 0.25) is 0 Å². The third-order valence-electron chi connectivity index (χ3n) is 3.63. The first-order valence-electron chi connectivity index (χ1n) is 7.31. The molecule has 1 aliphatic heterocycles. The molecule has 20 heavy (non-hydrogen) atoms. The Morgan fingerprint density at radius 2 is 2.15 bits per heavy atom. The monoisotopic (exact) mass is 279 g/mol. The number of hydrogen-bond acceptors (Lipinski definition) is 2. The zero-order valence-corrected chi connectivity index (χ0v) is 12.0. The van der Waals surface area contributed by atoms with Crippen LogP contribution < -0.4 is 4.74 Å². The molecule has 1 atom stereocenters. The van der Waals surface area contributed by atoms with Crippen LogP contribution in [0.3, 0.4) is 0 Å². The molecule has 0 aromatic heterocycles. The number of carbonyl (C=O) groups is 1. The van der Waals surface area contributed by atoms with Crippen molar-refractivity contribution in [2.75, 3.05) is 19.7 Å². The quantitative estimate of drug-likeness (QED) is 0.774. The van der Waals surface area contributed by atoms with E-state index in [4.69, 9.17) is 4.74 Å². The summed E-state index contributed by atoms with van der Waals surface area (Å²) in [5.74, 6) is 1.21. The maximum Gasteiger partial charge on any atom is 0.222 e. The molecule has 3 nitrogen and oxygen atoms in total. The van der Waals surface area contributed by atoms with E-state index in [0.717, 1.165) is 19.5 Å². The summed E-state index contributed by atoms with van der Waals surface area (Å²) in [6.07, 6.45) is 3.55. The highest BCUT2D eigenvalue weighted by molar-refractivity contribution is 5.76. The zero-order valence-electron chi connectivity index (χ0n) is 12.0. The molecule has 1 aliphatic rings. The van der Waals surface area contributed by atoms with Gasteiger partial charge in [-0.2, -0.15) is 0 Å². The van der Waals surface area contributed by atoms with Crippen LogP contribution in [-0.4, -0.2) is 30.5 Å². The standard InChI is InChI=1S/C16H22FNO2/c1-13-4-2-10-18(12-13)16(19)5-3-11-20-15-8-6-14(17)7-9-15/h6-9,13H,2-5,10-12H2,1H3. The molecule has 1 unspecified atom stereocenters. The van der Waals surface area contributed by atoms with Gasteiger partial charge in [-0.05, 0) is 49.4 Å². The predicted molar refractivity (Wildman–Crippen MR) is 76.1 cm³/mol. The molecule has 1 aromatic rings. The summed E-state index contributed by atoms with van der Waals surface area (Å²) in [5, 5.41) is 0. The summed E-state index contributed by atoms with van der Waals surface area (Å²) < 4.78 is 18.2. The fourth-order valence-electron chi connectivity index (χ4n) is 2.52. The predicted octanol–water partition coefficient (Wildman–Crippen LogP) is 3.24. The first-order chi connectivity index (χ1) is 9.65. The average molecular weight is 279 g/mol. The van der Waals surface area contributed by atoms with Gasteiger partial charge >= 0.3 is 0 Å². The lowest BCUT2D eigenvalue weighted by atomic mass is 10.00. The van der Waals surface area contributed by atoms with E-state index < -0.39 is 0 Å². The van der Waals surface area contributed by atoms with Gasteiger partial charge in [0.25, 0.3) is 0 Å². The molecule has 110 valence electrons. The van der Waals surface area contributed by atoms with Gasteiger partial charge in [0.05, 0.1) is 6.61 Å². The minimum absolute atomic E-state index is 0.222. The minimum Gasteiger partial charge on any atom is -0.494 e. The Morgan fingerprint density at radius 3 is 2.85 bits per heavy atom. The molecular formula is C16H22FNO2. The minimum atomic E-state index is -0.272. The Balaban J connectivity index is 1.65. The Labute approximate surface area is 119 Å². The van der Waals surface area contributed by atoms with Crippen LogP contribution in [0, 0.1) is 11.7 Å². The second-order valence-electron chi connectivity index (χ2n) is 5.49. The van der Waals surface area contributed by atoms with Crippen molar-refractivity contribution in [1.82, 2.24) is 4.90 Å². The van der Waals surface area contributed by atoms with Crippen LogP contribution >= 0.6 is 0 Å². The van der Waals surface area contributed by atoms with Crippen LogP contribution in [0.1, 0.15) is 32.6 Å². The maximum atomic E-state index is 12.7. The molecule has 1 heterocycles. The first kappa shape index (κ1) is 14.8. The number of ether oxygens (including phenoxy) is 1. The van der Waals surface area contributed by atoms with E-state index in [1.807, 2.05) is 4.90 Å². The van der Waals surface area contributed by atoms with Crippen molar-refractivity contribution in [3.05, 3.63) is 30.1 Å². The molecule has 0 bridgehead atoms. The lowest BCUT2D eigenvalue weighted by Gasteiger charge is -2.31. The van der Waals surface area contributed by atoms with Gasteiger partial charge in [-0.25, -0.2) is 4.39 Å². The number of nitrogens with zero attached hydrogens (tertiary/aromatic N) is 1. The Morgan fingerprint density at radius 1 is 1.40 bits per heavy atom. The molecular weight excluding hydrogens is 257 g/mol. The third-order valence-corrected chi connectivity index (χ3v) is 3.63. The van der Waals surface area contributed by atoms with Gasteiger partial charge in [0.1, 0.15) is 11.6 Å². The zero-order chi connectivity index (χ0) is 14.4. The maximum absolute atomic E-state index is 12.7. The van der Waals surface area contributed by atoms with Gasteiger partial charge in [-0.3, -0.25) is 4.79 Å². The van der Waals surface area contributed by atoms with Crippen molar-refractivity contribution >= 4 is 5.91 Å². The van der Waals surface area contributed by atoms with Gasteiger partial charge < -0.3 is 9.64 Å². The molecule has 0 spiro atoms. The fraction of sp³-hybridized carbons (Fsp3) is 0.562. The van der Waals surface area contributed by atoms with Crippen LogP contribution in [0.15, 0.2) is 24.3 Å². The molecule has 0 radical (unpaired) electrons. The van der Waals surface area contributed by atoms with Gasteiger partial charge in [0, 0.05) is 19.5 Å². The van der Waals surface area contributed by atoms with Gasteiger partial charge in [0.15, 0.2) is 0 Å². The average Bonchev–Trinajstić information content (AvgIpc) is 2.45. The van der Waals surface area contributed by atoms with Gasteiger partial charge in [0.2, 0.25) is 5.91 Å². The first-order valence-corrected chi connectivity index (χ1v) is 7.31. The van der Waals surface area contributed by atoms with Crippen LogP contribution in [0.4, 0.5) is 4.39 Å². The van der Waals surface area contributed by atoms with E-state index >= 15 is 0 Å². The van der Waals surface area contributed by atoms with E-state index in [2.05, 4.69) is 6.92 Å². The Bertz CT molecular complexity index is 433. The SMILES string of the molecule is CC1CCCN(C(=O)CCCOc2ccc(F)cc2)C1. The number of amides is 1. The number of likely N-dealkylation sites (tertiary alicyclic amines) is 1. The van der Waals surface area contributed by atoms with E-state index in [-0.39, 0.29) is 11.7 Å². The van der Waals surface area contributed by atoms with Crippen molar-refractivity contribution in [3.8, 4) is 5.75 Å². The summed E-state index contributed by atoms with van der Waals surface area (Å²) in [7, 11) is 0. The normalized spacial score (nSPS) is 18.9. The summed E-state index contributed by atoms with van der Waals surface area (Å²) in [4.78, 5) is 14.0. The number of piperidine rings is 1. The van der Waals surface area contributed by atoms with Crippen molar-refractivity contribution < 1.29 is 13.9 Å². The van der Waals surface area contributed by atoms with Crippen molar-refractivity contribution in [2.24, 2.45) is 5.92 Å². The number of halogens is 1. The molecule has 1 amide bonds. The van der Waals surface area contributed by atoms with E-state index in [9.17, 15) is 9.18 Å².